The van der Waals surface area contributed by atoms with Gasteiger partial charge >= 0.3 is 25.7 Å². The molecule has 0 aliphatic rings. The van der Waals surface area contributed by atoms with E-state index in [4.69, 9.17) is 24.8 Å². The fraction of sp³-hybridized carbons (Fsp3) is 0.884. The van der Waals surface area contributed by atoms with Gasteiger partial charge in [0.25, 0.3) is 0 Å². The van der Waals surface area contributed by atoms with E-state index in [9.17, 15) is 23.8 Å². The van der Waals surface area contributed by atoms with Crippen molar-refractivity contribution in [2.24, 2.45) is 5.73 Å². The fourth-order valence-electron chi connectivity index (χ4n) is 6.24. The molecule has 4 N–H and O–H groups in total. The summed E-state index contributed by atoms with van der Waals surface area (Å²) in [6, 6.07) is -1.52. The molecule has 11 nitrogen and oxygen atoms in total. The lowest BCUT2D eigenvalue weighted by Gasteiger charge is -2.20. The Labute approximate surface area is 335 Å². The van der Waals surface area contributed by atoms with Crippen LogP contribution in [0.15, 0.2) is 12.2 Å². The highest BCUT2D eigenvalue weighted by molar-refractivity contribution is 7.47. The van der Waals surface area contributed by atoms with Crippen LogP contribution in [0.25, 0.3) is 0 Å². The SMILES string of the molecule is CCCCCCCC/C=C/CCCCCCCCCC(=O)O[C@H](COC(=O)CCCCCCCCCCCCCCCC)COP(=O)(O)OC[C@H](N)C(=O)O. The number of ether oxygens (including phenoxy) is 2. The predicted octanol–water partition coefficient (Wildman–Crippen LogP) is 11.7. The minimum atomic E-state index is -4.71. The molecule has 0 saturated carbocycles. The molecular weight excluding hydrogens is 721 g/mol. The molecule has 0 rings (SSSR count). The molecule has 0 heterocycles. The Balaban J connectivity index is 4.33. The van der Waals surface area contributed by atoms with Crippen LogP contribution in [-0.2, 0) is 37.5 Å². The number of unbranched alkanes of at least 4 members (excludes halogenated alkanes) is 26. The number of nitrogens with two attached hydrogens (primary N) is 1. The largest absolute Gasteiger partial charge is 0.480 e. The maximum atomic E-state index is 12.6. The van der Waals surface area contributed by atoms with E-state index in [1.165, 1.54) is 128 Å². The highest BCUT2D eigenvalue weighted by Gasteiger charge is 2.28. The van der Waals surface area contributed by atoms with E-state index in [-0.39, 0.29) is 19.4 Å². The van der Waals surface area contributed by atoms with Crippen molar-refractivity contribution in [1.29, 1.82) is 0 Å². The van der Waals surface area contributed by atoms with Crippen LogP contribution in [0, 0.1) is 0 Å². The average molecular weight is 804 g/mol. The van der Waals surface area contributed by atoms with Gasteiger partial charge in [-0.15, -0.1) is 0 Å². The lowest BCUT2D eigenvalue weighted by molar-refractivity contribution is -0.161. The van der Waals surface area contributed by atoms with Gasteiger partial charge in [-0.3, -0.25) is 23.4 Å². The number of allylic oxidation sites excluding steroid dienone is 2. The zero-order valence-electron chi connectivity index (χ0n) is 35.0. The minimum absolute atomic E-state index is 0.160. The third kappa shape index (κ3) is 38.9. The number of carbonyl (C=O) groups excluding carboxylic acids is 2. The van der Waals surface area contributed by atoms with E-state index in [2.05, 4.69) is 30.5 Å². The quantitative estimate of drug-likeness (QED) is 0.0232. The van der Waals surface area contributed by atoms with Crippen molar-refractivity contribution in [1.82, 2.24) is 0 Å². The maximum Gasteiger partial charge on any atom is 0.472 e. The minimum Gasteiger partial charge on any atom is -0.480 e. The van der Waals surface area contributed by atoms with Gasteiger partial charge in [0, 0.05) is 12.8 Å². The third-order valence-corrected chi connectivity index (χ3v) is 10.7. The molecule has 0 amide bonds. The Morgan fingerprint density at radius 2 is 0.909 bits per heavy atom. The van der Waals surface area contributed by atoms with Crippen molar-refractivity contribution >= 4 is 25.7 Å². The van der Waals surface area contributed by atoms with Crippen LogP contribution < -0.4 is 5.73 Å². The van der Waals surface area contributed by atoms with E-state index in [1.807, 2.05) is 0 Å². The van der Waals surface area contributed by atoms with Crippen molar-refractivity contribution in [2.75, 3.05) is 19.8 Å². The van der Waals surface area contributed by atoms with Gasteiger partial charge in [0.05, 0.1) is 13.2 Å². The Bertz CT molecular complexity index is 995. The lowest BCUT2D eigenvalue weighted by Crippen LogP contribution is -2.34. The molecule has 0 aromatic carbocycles. The smallest absolute Gasteiger partial charge is 0.472 e. The molecule has 0 aliphatic heterocycles. The summed E-state index contributed by atoms with van der Waals surface area (Å²) in [4.78, 5) is 45.9. The first-order valence-corrected chi connectivity index (χ1v) is 23.7. The zero-order chi connectivity index (χ0) is 40.7. The van der Waals surface area contributed by atoms with E-state index in [1.54, 1.807) is 0 Å². The molecule has 1 unspecified atom stereocenters. The topological polar surface area (TPSA) is 172 Å². The molecular formula is C43H82NO10P. The summed E-state index contributed by atoms with van der Waals surface area (Å²) in [6.07, 6.45) is 38.4. The van der Waals surface area contributed by atoms with Crippen molar-refractivity contribution in [3.8, 4) is 0 Å². The van der Waals surface area contributed by atoms with E-state index >= 15 is 0 Å². The third-order valence-electron chi connectivity index (χ3n) is 9.76. The van der Waals surface area contributed by atoms with Crippen LogP contribution in [0.2, 0.25) is 0 Å². The number of esters is 2. The van der Waals surface area contributed by atoms with Crippen LogP contribution in [0.5, 0.6) is 0 Å². The van der Waals surface area contributed by atoms with Crippen LogP contribution in [0.4, 0.5) is 0 Å². The summed E-state index contributed by atoms with van der Waals surface area (Å²) < 4.78 is 32.7. The van der Waals surface area contributed by atoms with Gasteiger partial charge in [-0.25, -0.2) is 4.57 Å². The summed E-state index contributed by atoms with van der Waals surface area (Å²) in [7, 11) is -4.71. The second-order valence-electron chi connectivity index (χ2n) is 15.2. The van der Waals surface area contributed by atoms with Crippen molar-refractivity contribution in [2.45, 2.75) is 225 Å². The molecule has 0 spiro atoms. The molecule has 0 aromatic heterocycles. The van der Waals surface area contributed by atoms with Gasteiger partial charge in [-0.1, -0.05) is 174 Å². The maximum absolute atomic E-state index is 12.6. The lowest BCUT2D eigenvalue weighted by atomic mass is 10.0. The highest BCUT2D eigenvalue weighted by Crippen LogP contribution is 2.43. The number of phosphoric ester groups is 1. The van der Waals surface area contributed by atoms with E-state index in [0.29, 0.717) is 12.8 Å². The summed E-state index contributed by atoms with van der Waals surface area (Å²) in [5.74, 6) is -2.37. The number of carbonyl (C=O) groups is 3. The monoisotopic (exact) mass is 804 g/mol. The second-order valence-corrected chi connectivity index (χ2v) is 16.6. The van der Waals surface area contributed by atoms with Crippen molar-refractivity contribution < 1.29 is 47.5 Å². The zero-order valence-corrected chi connectivity index (χ0v) is 35.9. The Kier molecular flexibility index (Phi) is 37.8. The van der Waals surface area contributed by atoms with Crippen LogP contribution in [-0.4, -0.2) is 59.9 Å². The number of phosphoric acid groups is 1. The van der Waals surface area contributed by atoms with Gasteiger partial charge in [0.1, 0.15) is 12.6 Å². The summed E-state index contributed by atoms with van der Waals surface area (Å²) >= 11 is 0. The predicted molar refractivity (Wildman–Crippen MR) is 222 cm³/mol. The second kappa shape index (κ2) is 39.1. The van der Waals surface area contributed by atoms with Crippen LogP contribution in [0.3, 0.4) is 0 Å². The molecule has 12 heteroatoms. The first kappa shape index (κ1) is 53.2. The molecule has 55 heavy (non-hydrogen) atoms. The summed E-state index contributed by atoms with van der Waals surface area (Å²) in [5, 5.41) is 8.89. The molecule has 0 radical (unpaired) electrons. The number of rotatable bonds is 42. The number of aliphatic carboxylic acids is 1. The van der Waals surface area contributed by atoms with E-state index in [0.717, 1.165) is 44.9 Å². The molecule has 0 fully saturated rings. The Hall–Kier alpha value is -1.78. The van der Waals surface area contributed by atoms with Crippen molar-refractivity contribution in [3.05, 3.63) is 12.2 Å². The Morgan fingerprint density at radius 1 is 0.545 bits per heavy atom. The summed E-state index contributed by atoms with van der Waals surface area (Å²) in [6.45, 7) is 2.82. The van der Waals surface area contributed by atoms with Gasteiger partial charge in [-0.05, 0) is 38.5 Å². The molecule has 0 aromatic rings. The molecule has 3 atom stereocenters. The molecule has 324 valence electrons. The van der Waals surface area contributed by atoms with Crippen molar-refractivity contribution in [3.63, 3.8) is 0 Å². The van der Waals surface area contributed by atoms with Gasteiger partial charge in [0.15, 0.2) is 6.10 Å². The number of carboxylic acid groups (broad SMARTS) is 1. The standard InChI is InChI=1S/C43H82NO10P/c1-3-5-7-9-11-13-15-17-19-20-21-23-25-27-29-31-33-35-42(46)54-39(37-52-55(49,50)53-38-40(44)43(47)48)36-51-41(45)34-32-30-28-26-24-22-18-16-14-12-10-8-6-4-2/h17,19,39-40H,3-16,18,20-38,44H2,1-2H3,(H,47,48)(H,49,50)/b19-17+/t39-,40+/m1/s1. The van der Waals surface area contributed by atoms with Crippen LogP contribution >= 0.6 is 7.82 Å². The highest BCUT2D eigenvalue weighted by atomic mass is 31.2. The molecule has 0 saturated heterocycles. The number of hydrogen-bond acceptors (Lipinski definition) is 9. The number of carboxylic acids is 1. The number of hydrogen-bond donors (Lipinski definition) is 3. The normalized spacial score (nSPS) is 13.8. The van der Waals surface area contributed by atoms with Crippen LogP contribution in [0.1, 0.15) is 213 Å². The molecule has 0 bridgehead atoms. The average Bonchev–Trinajstić information content (AvgIpc) is 3.16. The van der Waals surface area contributed by atoms with E-state index < -0.39 is 51.1 Å². The van der Waals surface area contributed by atoms with Gasteiger partial charge in [-0.2, -0.15) is 0 Å². The first-order valence-electron chi connectivity index (χ1n) is 22.2. The summed E-state index contributed by atoms with van der Waals surface area (Å²) in [5.41, 5.74) is 5.33. The van der Waals surface area contributed by atoms with Gasteiger partial charge < -0.3 is 25.2 Å². The fourth-order valence-corrected chi connectivity index (χ4v) is 7.02. The van der Waals surface area contributed by atoms with Gasteiger partial charge in [0.2, 0.25) is 0 Å². The molecule has 0 aliphatic carbocycles. The first-order chi connectivity index (χ1) is 26.6. The Morgan fingerprint density at radius 3 is 1.33 bits per heavy atom.